The summed E-state index contributed by atoms with van der Waals surface area (Å²) in [5.41, 5.74) is 6.64. The van der Waals surface area contributed by atoms with Crippen LogP contribution >= 0.6 is 11.3 Å². The summed E-state index contributed by atoms with van der Waals surface area (Å²) in [4.78, 5) is 21.9. The number of nitrogens with two attached hydrogens (primary N) is 1. The second kappa shape index (κ2) is 8.08. The van der Waals surface area contributed by atoms with Crippen molar-refractivity contribution in [2.24, 2.45) is 10.9 Å². The van der Waals surface area contributed by atoms with Gasteiger partial charge in [0.1, 0.15) is 0 Å². The van der Waals surface area contributed by atoms with Crippen molar-refractivity contribution < 1.29 is 22.8 Å². The number of oxime groups is 1. The average molecular weight is 459 g/mol. The summed E-state index contributed by atoms with van der Waals surface area (Å²) >= 11 is 1.29. The van der Waals surface area contributed by atoms with Gasteiger partial charge in [0.25, 0.3) is 0 Å². The third-order valence-electron chi connectivity index (χ3n) is 4.73. The maximum Gasteiger partial charge on any atom is 0.433 e. The van der Waals surface area contributed by atoms with Gasteiger partial charge in [-0.2, -0.15) is 18.3 Å². The molecule has 7 nitrogen and oxygen atoms in total. The Bertz CT molecular complexity index is 1340. The van der Waals surface area contributed by atoms with Gasteiger partial charge in [-0.05, 0) is 48.6 Å². The molecule has 0 radical (unpaired) electrons. The molecule has 0 saturated carbocycles. The van der Waals surface area contributed by atoms with Gasteiger partial charge in [-0.3, -0.25) is 0 Å². The summed E-state index contributed by atoms with van der Waals surface area (Å²) < 4.78 is 41.8. The Morgan fingerprint density at radius 1 is 1.16 bits per heavy atom. The number of alkyl halides is 3. The van der Waals surface area contributed by atoms with Crippen LogP contribution in [0.2, 0.25) is 0 Å². The van der Waals surface area contributed by atoms with Gasteiger partial charge in [0.05, 0.1) is 10.6 Å². The first-order chi connectivity index (χ1) is 15.1. The van der Waals surface area contributed by atoms with Crippen molar-refractivity contribution in [3.05, 3.63) is 75.2 Å². The number of hydrogen-bond acceptors (Lipinski definition) is 6. The molecule has 0 aliphatic rings. The maximum atomic E-state index is 13.7. The first-order valence-corrected chi connectivity index (χ1v) is 10.2. The van der Waals surface area contributed by atoms with E-state index in [2.05, 4.69) is 15.2 Å². The van der Waals surface area contributed by atoms with Crippen molar-refractivity contribution in [3.63, 3.8) is 0 Å². The van der Waals surface area contributed by atoms with E-state index in [1.165, 1.54) is 11.3 Å². The molecule has 0 bridgehead atoms. The maximum absolute atomic E-state index is 13.7. The molecule has 1 aromatic carbocycles. The summed E-state index contributed by atoms with van der Waals surface area (Å²) in [6, 6.07) is 10.7. The molecule has 4 aromatic rings. The average Bonchev–Trinajstić information content (AvgIpc) is 3.42. The van der Waals surface area contributed by atoms with E-state index in [-0.39, 0.29) is 22.9 Å². The highest BCUT2D eigenvalue weighted by Crippen LogP contribution is 2.32. The SMILES string of the molecule is Cc1ccc(-c2cc(C(F)(F)F)n3nc(C(=O)O/N=C(\N)c4cccs4)cc3n2)cc1C. The van der Waals surface area contributed by atoms with Crippen molar-refractivity contribution in [1.29, 1.82) is 0 Å². The summed E-state index contributed by atoms with van der Waals surface area (Å²) in [6.45, 7) is 3.76. The Morgan fingerprint density at radius 2 is 1.94 bits per heavy atom. The Kier molecular flexibility index (Phi) is 5.43. The topological polar surface area (TPSA) is 94.9 Å². The van der Waals surface area contributed by atoms with Crippen LogP contribution in [0.5, 0.6) is 0 Å². The lowest BCUT2D eigenvalue weighted by molar-refractivity contribution is -0.142. The van der Waals surface area contributed by atoms with Crippen LogP contribution in [-0.4, -0.2) is 26.4 Å². The number of benzene rings is 1. The van der Waals surface area contributed by atoms with Gasteiger partial charge in [-0.15, -0.1) is 11.3 Å². The van der Waals surface area contributed by atoms with Gasteiger partial charge in [-0.1, -0.05) is 23.4 Å². The molecule has 11 heteroatoms. The molecule has 0 fully saturated rings. The van der Waals surface area contributed by atoms with Gasteiger partial charge in [0.15, 0.2) is 22.9 Å². The second-order valence-corrected chi connectivity index (χ2v) is 7.90. The normalized spacial score (nSPS) is 12.3. The Hall–Kier alpha value is -3.73. The van der Waals surface area contributed by atoms with Gasteiger partial charge < -0.3 is 10.6 Å². The van der Waals surface area contributed by atoms with E-state index in [1.807, 2.05) is 13.8 Å². The smallest absolute Gasteiger partial charge is 0.380 e. The zero-order valence-electron chi connectivity index (χ0n) is 16.8. The van der Waals surface area contributed by atoms with Crippen LogP contribution in [0.25, 0.3) is 16.9 Å². The number of carbonyl (C=O) groups excluding carboxylic acids is 1. The summed E-state index contributed by atoms with van der Waals surface area (Å²) in [5, 5.41) is 9.03. The van der Waals surface area contributed by atoms with Crippen LogP contribution in [0.3, 0.4) is 0 Å². The number of rotatable bonds is 4. The fourth-order valence-corrected chi connectivity index (χ4v) is 3.55. The lowest BCUT2D eigenvalue weighted by Crippen LogP contribution is -2.15. The minimum absolute atomic E-state index is 0.0387. The monoisotopic (exact) mass is 459 g/mol. The van der Waals surface area contributed by atoms with Crippen LogP contribution in [0.1, 0.15) is 32.2 Å². The molecular formula is C21H16F3N5O2S. The molecule has 4 rings (SSSR count). The van der Waals surface area contributed by atoms with Gasteiger partial charge in [-0.25, -0.2) is 14.3 Å². The fourth-order valence-electron chi connectivity index (χ4n) is 2.93. The van der Waals surface area contributed by atoms with Gasteiger partial charge in [0.2, 0.25) is 0 Å². The largest absolute Gasteiger partial charge is 0.433 e. The van der Waals surface area contributed by atoms with Crippen molar-refractivity contribution in [3.8, 4) is 11.3 Å². The number of aryl methyl sites for hydroxylation is 2. The molecule has 0 saturated heterocycles. The number of fused-ring (bicyclic) bond motifs is 1. The first-order valence-electron chi connectivity index (χ1n) is 9.28. The number of amidine groups is 1. The van der Waals surface area contributed by atoms with E-state index in [4.69, 9.17) is 10.6 Å². The minimum Gasteiger partial charge on any atom is -0.380 e. The van der Waals surface area contributed by atoms with Crippen LogP contribution in [0, 0.1) is 13.8 Å². The Morgan fingerprint density at radius 3 is 2.59 bits per heavy atom. The van der Waals surface area contributed by atoms with Crippen molar-refractivity contribution >= 4 is 28.8 Å². The molecule has 0 aliphatic carbocycles. The molecule has 0 unspecified atom stereocenters. The molecule has 2 N–H and O–H groups in total. The van der Waals surface area contributed by atoms with Crippen molar-refractivity contribution in [2.45, 2.75) is 20.0 Å². The highest BCUT2D eigenvalue weighted by molar-refractivity contribution is 7.12. The standard InChI is InChI=1S/C21H16F3N5O2S/c1-11-5-6-13(8-12(11)2)14-9-17(21(22,23)24)29-18(26-14)10-15(27-29)20(30)31-28-19(25)16-4-3-7-32-16/h3-10H,1-2H3,(H2,25,28). The van der Waals surface area contributed by atoms with Crippen LogP contribution in [0.15, 0.2) is 53.0 Å². The summed E-state index contributed by atoms with van der Waals surface area (Å²) in [5.74, 6) is -1.10. The predicted octanol–water partition coefficient (Wildman–Crippen LogP) is 4.57. The molecule has 3 aromatic heterocycles. The predicted molar refractivity (Wildman–Crippen MR) is 113 cm³/mol. The summed E-state index contributed by atoms with van der Waals surface area (Å²) in [6.07, 6.45) is -4.73. The second-order valence-electron chi connectivity index (χ2n) is 6.96. The van der Waals surface area contributed by atoms with Gasteiger partial charge >= 0.3 is 12.1 Å². The van der Waals surface area contributed by atoms with Crippen LogP contribution in [-0.2, 0) is 11.0 Å². The lowest BCUT2D eigenvalue weighted by atomic mass is 10.0. The third-order valence-corrected chi connectivity index (χ3v) is 5.62. The van der Waals surface area contributed by atoms with Gasteiger partial charge in [0, 0.05) is 11.6 Å². The third kappa shape index (κ3) is 4.19. The van der Waals surface area contributed by atoms with E-state index in [0.717, 1.165) is 23.3 Å². The fraction of sp³-hybridized carbons (Fsp3) is 0.143. The summed E-state index contributed by atoms with van der Waals surface area (Å²) in [7, 11) is 0. The van der Waals surface area contributed by atoms with Crippen molar-refractivity contribution in [2.75, 3.05) is 0 Å². The number of carbonyl (C=O) groups is 1. The van der Waals surface area contributed by atoms with E-state index in [1.54, 1.807) is 35.7 Å². The lowest BCUT2D eigenvalue weighted by Gasteiger charge is -2.11. The van der Waals surface area contributed by atoms with E-state index < -0.39 is 17.8 Å². The van der Waals surface area contributed by atoms with Crippen LogP contribution in [0.4, 0.5) is 13.2 Å². The number of aromatic nitrogens is 3. The number of halogens is 3. The van der Waals surface area contributed by atoms with E-state index in [9.17, 15) is 18.0 Å². The Labute approximate surface area is 183 Å². The molecule has 164 valence electrons. The molecular weight excluding hydrogens is 443 g/mol. The number of nitrogens with zero attached hydrogens (tertiary/aromatic N) is 4. The Balaban J connectivity index is 1.74. The molecule has 32 heavy (non-hydrogen) atoms. The molecule has 0 spiro atoms. The van der Waals surface area contributed by atoms with Crippen LogP contribution < -0.4 is 5.73 Å². The molecule has 3 heterocycles. The van der Waals surface area contributed by atoms with E-state index in [0.29, 0.717) is 15.0 Å². The minimum atomic E-state index is -4.73. The quantitative estimate of drug-likeness (QED) is 0.209. The highest BCUT2D eigenvalue weighted by Gasteiger charge is 2.36. The molecule has 0 atom stereocenters. The molecule has 0 amide bonds. The van der Waals surface area contributed by atoms with Crippen molar-refractivity contribution in [1.82, 2.24) is 14.6 Å². The zero-order chi connectivity index (χ0) is 23.0. The van der Waals surface area contributed by atoms with E-state index >= 15 is 0 Å². The highest BCUT2D eigenvalue weighted by atomic mass is 32.1. The first kappa shape index (κ1) is 21.5. The number of thiophene rings is 1. The molecule has 0 aliphatic heterocycles. The number of hydrogen-bond donors (Lipinski definition) is 1. The zero-order valence-corrected chi connectivity index (χ0v) is 17.7.